The van der Waals surface area contributed by atoms with E-state index in [-0.39, 0.29) is 5.60 Å². The highest BCUT2D eigenvalue weighted by molar-refractivity contribution is 7.71. The third-order valence-electron chi connectivity index (χ3n) is 3.44. The van der Waals surface area contributed by atoms with Crippen LogP contribution < -0.4 is 0 Å². The topological polar surface area (TPSA) is 39.2 Å². The van der Waals surface area contributed by atoms with E-state index in [1.54, 1.807) is 7.11 Å². The van der Waals surface area contributed by atoms with Gasteiger partial charge >= 0.3 is 0 Å². The van der Waals surface area contributed by atoms with Crippen molar-refractivity contribution in [3.63, 3.8) is 0 Å². The number of aromatic amines is 1. The lowest BCUT2D eigenvalue weighted by Gasteiger charge is -2.27. The van der Waals surface area contributed by atoms with E-state index in [1.165, 1.54) is 5.69 Å². The van der Waals surface area contributed by atoms with Gasteiger partial charge in [-0.05, 0) is 18.1 Å². The maximum atomic E-state index is 5.66. The van der Waals surface area contributed by atoms with Gasteiger partial charge < -0.3 is 19.0 Å². The summed E-state index contributed by atoms with van der Waals surface area (Å²) in [5.41, 5.74) is 1.00. The average Bonchev–Trinajstić information content (AvgIpc) is 2.89. The van der Waals surface area contributed by atoms with Gasteiger partial charge in [-0.2, -0.15) is 0 Å². The zero-order valence-electron chi connectivity index (χ0n) is 10.7. The Hall–Kier alpha value is -0.650. The average molecular weight is 256 g/mol. The lowest BCUT2D eigenvalue weighted by atomic mass is 10.0. The summed E-state index contributed by atoms with van der Waals surface area (Å²) in [7, 11) is 1.75. The summed E-state index contributed by atoms with van der Waals surface area (Å²) >= 11 is 5.34. The molecule has 1 aromatic heterocycles. The third-order valence-corrected chi connectivity index (χ3v) is 3.78. The van der Waals surface area contributed by atoms with Crippen LogP contribution >= 0.6 is 12.2 Å². The van der Waals surface area contributed by atoms with Crippen LogP contribution in [0.5, 0.6) is 0 Å². The van der Waals surface area contributed by atoms with E-state index in [9.17, 15) is 0 Å². The Morgan fingerprint density at radius 3 is 2.94 bits per heavy atom. The van der Waals surface area contributed by atoms with Gasteiger partial charge in [-0.1, -0.05) is 13.8 Å². The van der Waals surface area contributed by atoms with Crippen LogP contribution in [0.25, 0.3) is 0 Å². The van der Waals surface area contributed by atoms with Gasteiger partial charge in [-0.25, -0.2) is 0 Å². The number of imidazole rings is 1. The molecule has 0 bridgehead atoms. The highest BCUT2D eigenvalue weighted by Crippen LogP contribution is 2.26. The molecule has 0 saturated carbocycles. The molecule has 1 aromatic rings. The van der Waals surface area contributed by atoms with Crippen LogP contribution in [0, 0.1) is 4.77 Å². The molecule has 0 aromatic carbocycles. The normalized spacial score (nSPS) is 24.7. The summed E-state index contributed by atoms with van der Waals surface area (Å²) in [5, 5.41) is 0. The van der Waals surface area contributed by atoms with Crippen LogP contribution in [0.3, 0.4) is 0 Å². The number of H-pyrrole nitrogens is 1. The number of nitrogens with one attached hydrogen (secondary N) is 1. The third kappa shape index (κ3) is 2.46. The molecule has 1 saturated heterocycles. The zero-order valence-corrected chi connectivity index (χ0v) is 11.5. The van der Waals surface area contributed by atoms with Crippen LogP contribution in [-0.2, 0) is 16.0 Å². The lowest BCUT2D eigenvalue weighted by molar-refractivity contribution is -0.0303. The van der Waals surface area contributed by atoms with Crippen LogP contribution in [-0.4, -0.2) is 35.5 Å². The predicted octanol–water partition coefficient (Wildman–Crippen LogP) is 2.47. The van der Waals surface area contributed by atoms with Crippen molar-refractivity contribution in [2.75, 3.05) is 20.3 Å². The van der Waals surface area contributed by atoms with Crippen molar-refractivity contribution >= 4 is 12.2 Å². The van der Waals surface area contributed by atoms with Crippen molar-refractivity contribution in [2.24, 2.45) is 0 Å². The molecule has 2 heterocycles. The van der Waals surface area contributed by atoms with Gasteiger partial charge in [0.1, 0.15) is 5.60 Å². The van der Waals surface area contributed by atoms with Gasteiger partial charge in [0.05, 0.1) is 13.2 Å². The number of methoxy groups -OCH3 is 1. The van der Waals surface area contributed by atoms with Gasteiger partial charge in [0.2, 0.25) is 0 Å². The van der Waals surface area contributed by atoms with Gasteiger partial charge in [-0.3, -0.25) is 0 Å². The van der Waals surface area contributed by atoms with E-state index in [4.69, 9.17) is 21.7 Å². The highest BCUT2D eigenvalue weighted by Gasteiger charge is 2.36. The molecule has 5 heteroatoms. The van der Waals surface area contributed by atoms with E-state index in [2.05, 4.69) is 23.4 Å². The van der Waals surface area contributed by atoms with E-state index in [0.29, 0.717) is 12.5 Å². The second-order valence-corrected chi connectivity index (χ2v) is 5.34. The largest absolute Gasteiger partial charge is 0.378 e. The number of nitrogens with zero attached hydrogens (tertiary/aromatic N) is 1. The smallest absolute Gasteiger partial charge is 0.177 e. The Bertz CT molecular complexity index is 430. The van der Waals surface area contributed by atoms with E-state index in [1.807, 2.05) is 6.20 Å². The molecule has 0 spiro atoms. The van der Waals surface area contributed by atoms with Crippen LogP contribution in [0.15, 0.2) is 6.20 Å². The molecule has 1 unspecified atom stereocenters. The maximum Gasteiger partial charge on any atom is 0.177 e. The molecule has 1 fully saturated rings. The fourth-order valence-electron chi connectivity index (χ4n) is 2.28. The van der Waals surface area contributed by atoms with Gasteiger partial charge in [0.15, 0.2) is 4.77 Å². The molecule has 17 heavy (non-hydrogen) atoms. The maximum absolute atomic E-state index is 5.66. The number of aromatic nitrogens is 2. The lowest BCUT2D eigenvalue weighted by Crippen LogP contribution is -2.37. The summed E-state index contributed by atoms with van der Waals surface area (Å²) in [6.07, 6.45) is 2.92. The first kappa shape index (κ1) is 12.8. The second-order valence-electron chi connectivity index (χ2n) is 4.95. The van der Waals surface area contributed by atoms with E-state index in [0.717, 1.165) is 24.3 Å². The molecule has 1 aliphatic rings. The molecular weight excluding hydrogens is 236 g/mol. The Balaban J connectivity index is 2.28. The second kappa shape index (κ2) is 4.92. The minimum atomic E-state index is -0.218. The first-order chi connectivity index (χ1) is 8.08. The molecule has 1 N–H and O–H groups in total. The van der Waals surface area contributed by atoms with Crippen molar-refractivity contribution in [3.8, 4) is 0 Å². The van der Waals surface area contributed by atoms with Gasteiger partial charge in [0, 0.05) is 32.0 Å². The molecular formula is C12H20N2O2S. The van der Waals surface area contributed by atoms with Crippen molar-refractivity contribution in [1.29, 1.82) is 0 Å². The standard InChI is InChI=1S/C12H20N2O2S/c1-9(2)10-6-13-11(17)14(10)7-12(15-3)4-5-16-8-12/h6,9H,4-5,7-8H2,1-3H3,(H,13,17). The summed E-state index contributed by atoms with van der Waals surface area (Å²) in [6.45, 7) is 6.51. The summed E-state index contributed by atoms with van der Waals surface area (Å²) < 4.78 is 14.0. The van der Waals surface area contributed by atoms with Crippen LogP contribution in [0.2, 0.25) is 0 Å². The van der Waals surface area contributed by atoms with E-state index >= 15 is 0 Å². The summed E-state index contributed by atoms with van der Waals surface area (Å²) in [4.78, 5) is 3.12. The molecule has 0 aliphatic carbocycles. The van der Waals surface area contributed by atoms with Crippen LogP contribution in [0.1, 0.15) is 31.9 Å². The van der Waals surface area contributed by atoms with Crippen molar-refractivity contribution in [1.82, 2.24) is 9.55 Å². The number of hydrogen-bond donors (Lipinski definition) is 1. The van der Waals surface area contributed by atoms with Gasteiger partial charge in [-0.15, -0.1) is 0 Å². The quantitative estimate of drug-likeness (QED) is 0.841. The Morgan fingerprint density at radius 1 is 1.65 bits per heavy atom. The molecule has 96 valence electrons. The number of rotatable bonds is 4. The minimum absolute atomic E-state index is 0.218. The minimum Gasteiger partial charge on any atom is -0.378 e. The van der Waals surface area contributed by atoms with E-state index < -0.39 is 0 Å². The molecule has 0 amide bonds. The number of ether oxygens (including phenoxy) is 2. The van der Waals surface area contributed by atoms with Crippen molar-refractivity contribution in [2.45, 2.75) is 38.3 Å². The van der Waals surface area contributed by atoms with Crippen molar-refractivity contribution < 1.29 is 9.47 Å². The van der Waals surface area contributed by atoms with Crippen LogP contribution in [0.4, 0.5) is 0 Å². The number of hydrogen-bond acceptors (Lipinski definition) is 3. The first-order valence-electron chi connectivity index (χ1n) is 5.99. The molecule has 1 atom stereocenters. The summed E-state index contributed by atoms with van der Waals surface area (Å²) in [6, 6.07) is 0. The molecule has 4 nitrogen and oxygen atoms in total. The molecule has 1 aliphatic heterocycles. The molecule has 0 radical (unpaired) electrons. The van der Waals surface area contributed by atoms with Gasteiger partial charge in [0.25, 0.3) is 0 Å². The zero-order chi connectivity index (χ0) is 12.5. The fraction of sp³-hybridized carbons (Fsp3) is 0.750. The SMILES string of the molecule is COC1(Cn2c(C(C)C)c[nH]c2=S)CCOC1. The Labute approximate surface area is 107 Å². The fourth-order valence-corrected chi connectivity index (χ4v) is 2.51. The molecule has 2 rings (SSSR count). The first-order valence-corrected chi connectivity index (χ1v) is 6.40. The monoisotopic (exact) mass is 256 g/mol. The highest BCUT2D eigenvalue weighted by atomic mass is 32.1. The predicted molar refractivity (Wildman–Crippen MR) is 68.9 cm³/mol. The summed E-state index contributed by atoms with van der Waals surface area (Å²) in [5.74, 6) is 0.444. The Morgan fingerprint density at radius 2 is 2.41 bits per heavy atom. The van der Waals surface area contributed by atoms with Crippen molar-refractivity contribution in [3.05, 3.63) is 16.7 Å². The Kier molecular flexibility index (Phi) is 3.70.